The molecule has 4 nitrogen and oxygen atoms in total. The van der Waals surface area contributed by atoms with Crippen LogP contribution in [0, 0.1) is 5.92 Å². The van der Waals surface area contributed by atoms with Gasteiger partial charge in [0.15, 0.2) is 0 Å². The van der Waals surface area contributed by atoms with Crippen LogP contribution >= 0.6 is 24.0 Å². The molecule has 134 valence electrons. The van der Waals surface area contributed by atoms with Gasteiger partial charge in [0, 0.05) is 44.6 Å². The fourth-order valence-corrected chi connectivity index (χ4v) is 4.30. The van der Waals surface area contributed by atoms with Gasteiger partial charge in [0.2, 0.25) is 0 Å². The van der Waals surface area contributed by atoms with Gasteiger partial charge in [-0.3, -0.25) is 9.69 Å². The van der Waals surface area contributed by atoms with Gasteiger partial charge in [-0.05, 0) is 24.5 Å². The first-order valence-electron chi connectivity index (χ1n) is 8.84. The zero-order valence-corrected chi connectivity index (χ0v) is 16.5. The van der Waals surface area contributed by atoms with Crippen LogP contribution in [0.5, 0.6) is 0 Å². The molecule has 0 bridgehead atoms. The molecular formula is C19H25N3OS2. The van der Waals surface area contributed by atoms with Gasteiger partial charge in [0.05, 0.1) is 4.91 Å². The topological polar surface area (TPSA) is 26.8 Å². The fraction of sp³-hybridized carbons (Fsp3) is 0.474. The summed E-state index contributed by atoms with van der Waals surface area (Å²) >= 11 is 6.84. The highest BCUT2D eigenvalue weighted by molar-refractivity contribution is 8.26. The Bertz CT molecular complexity index is 652. The Labute approximate surface area is 159 Å². The van der Waals surface area contributed by atoms with Gasteiger partial charge in [-0.15, -0.1) is 0 Å². The molecule has 0 atom stereocenters. The Balaban J connectivity index is 1.57. The first-order valence-corrected chi connectivity index (χ1v) is 10.1. The molecule has 1 amide bonds. The Morgan fingerprint density at radius 3 is 2.48 bits per heavy atom. The molecule has 0 aliphatic carbocycles. The second kappa shape index (κ2) is 8.23. The maximum absolute atomic E-state index is 12.6. The number of piperazine rings is 1. The van der Waals surface area contributed by atoms with Gasteiger partial charge in [0.1, 0.15) is 4.32 Å². The molecule has 0 saturated carbocycles. The van der Waals surface area contributed by atoms with Crippen molar-refractivity contribution in [3.05, 3.63) is 41.4 Å². The molecule has 25 heavy (non-hydrogen) atoms. The molecule has 1 aromatic carbocycles. The van der Waals surface area contributed by atoms with Gasteiger partial charge < -0.3 is 9.80 Å². The first kappa shape index (κ1) is 18.3. The zero-order valence-electron chi connectivity index (χ0n) is 14.9. The zero-order chi connectivity index (χ0) is 17.8. The average molecular weight is 376 g/mol. The summed E-state index contributed by atoms with van der Waals surface area (Å²) in [6.45, 7) is 8.83. The number of hydrogen-bond donors (Lipinski definition) is 0. The molecule has 0 N–H and O–H groups in total. The smallest absolute Gasteiger partial charge is 0.267 e. The lowest BCUT2D eigenvalue weighted by molar-refractivity contribution is -0.122. The van der Waals surface area contributed by atoms with Gasteiger partial charge in [-0.25, -0.2) is 0 Å². The summed E-state index contributed by atoms with van der Waals surface area (Å²) in [6, 6.07) is 10.5. The number of thioether (sulfide) groups is 1. The lowest BCUT2D eigenvalue weighted by Gasteiger charge is -2.35. The maximum Gasteiger partial charge on any atom is 0.267 e. The van der Waals surface area contributed by atoms with E-state index in [0.29, 0.717) is 10.2 Å². The van der Waals surface area contributed by atoms with Gasteiger partial charge in [0.25, 0.3) is 5.91 Å². The number of carbonyl (C=O) groups is 1. The third kappa shape index (κ3) is 4.55. The second-order valence-corrected chi connectivity index (χ2v) is 8.53. The van der Waals surface area contributed by atoms with Crippen LogP contribution in [0.1, 0.15) is 20.3 Å². The van der Waals surface area contributed by atoms with Crippen LogP contribution in [0.15, 0.2) is 41.4 Å². The minimum atomic E-state index is 0.0705. The molecule has 1 aromatic rings. The lowest BCUT2D eigenvalue weighted by atomic mass is 10.1. The van der Waals surface area contributed by atoms with E-state index in [4.69, 9.17) is 12.2 Å². The summed E-state index contributed by atoms with van der Waals surface area (Å²) in [4.78, 5) is 19.8. The SMILES string of the molecule is CC(C)CCN1C(=O)/C(=C\N2CCN(c3ccccc3)CC2)SC1=S. The number of rotatable bonds is 5. The van der Waals surface area contributed by atoms with Crippen molar-refractivity contribution in [2.75, 3.05) is 37.6 Å². The van der Waals surface area contributed by atoms with Crippen molar-refractivity contribution in [3.8, 4) is 0 Å². The van der Waals surface area contributed by atoms with Crippen molar-refractivity contribution in [1.29, 1.82) is 0 Å². The molecule has 2 saturated heterocycles. The van der Waals surface area contributed by atoms with Crippen LogP contribution in [0.3, 0.4) is 0 Å². The molecule has 2 fully saturated rings. The van der Waals surface area contributed by atoms with Crippen molar-refractivity contribution in [2.24, 2.45) is 5.92 Å². The minimum Gasteiger partial charge on any atom is -0.373 e. The summed E-state index contributed by atoms with van der Waals surface area (Å²) in [7, 11) is 0. The van der Waals surface area contributed by atoms with Gasteiger partial charge in [-0.1, -0.05) is 56.0 Å². The number of carbonyl (C=O) groups excluding carboxylic acids is 1. The molecule has 2 aliphatic heterocycles. The quantitative estimate of drug-likeness (QED) is 0.579. The largest absolute Gasteiger partial charge is 0.373 e. The monoisotopic (exact) mass is 375 g/mol. The highest BCUT2D eigenvalue weighted by Crippen LogP contribution is 2.32. The normalized spacial score (nSPS) is 20.3. The summed E-state index contributed by atoms with van der Waals surface area (Å²) in [6.07, 6.45) is 2.99. The highest BCUT2D eigenvalue weighted by atomic mass is 32.2. The van der Waals surface area contributed by atoms with Crippen LogP contribution < -0.4 is 4.90 Å². The Kier molecular flexibility index (Phi) is 6.02. The van der Waals surface area contributed by atoms with Crippen LogP contribution in [-0.4, -0.2) is 52.8 Å². The van der Waals surface area contributed by atoms with E-state index in [1.807, 2.05) is 12.3 Å². The first-order chi connectivity index (χ1) is 12.0. The van der Waals surface area contributed by atoms with Crippen molar-refractivity contribution < 1.29 is 4.79 Å². The van der Waals surface area contributed by atoms with Crippen molar-refractivity contribution >= 4 is 39.9 Å². The summed E-state index contributed by atoms with van der Waals surface area (Å²) in [5.41, 5.74) is 1.27. The van der Waals surface area contributed by atoms with Crippen molar-refractivity contribution in [3.63, 3.8) is 0 Å². The van der Waals surface area contributed by atoms with E-state index in [1.165, 1.54) is 17.4 Å². The van der Waals surface area contributed by atoms with Crippen LogP contribution in [0.4, 0.5) is 5.69 Å². The number of benzene rings is 1. The number of para-hydroxylation sites is 1. The molecule has 0 spiro atoms. The second-order valence-electron chi connectivity index (χ2n) is 6.86. The third-order valence-electron chi connectivity index (χ3n) is 4.54. The lowest BCUT2D eigenvalue weighted by Crippen LogP contribution is -2.44. The minimum absolute atomic E-state index is 0.0705. The summed E-state index contributed by atoms with van der Waals surface area (Å²) < 4.78 is 0.694. The number of nitrogens with zero attached hydrogens (tertiary/aromatic N) is 3. The van der Waals surface area contributed by atoms with Crippen molar-refractivity contribution in [1.82, 2.24) is 9.80 Å². The maximum atomic E-state index is 12.6. The molecule has 6 heteroatoms. The third-order valence-corrected chi connectivity index (χ3v) is 5.90. The average Bonchev–Trinajstić information content (AvgIpc) is 2.88. The Morgan fingerprint density at radius 2 is 1.84 bits per heavy atom. The predicted molar refractivity (Wildman–Crippen MR) is 110 cm³/mol. The number of hydrogen-bond acceptors (Lipinski definition) is 5. The highest BCUT2D eigenvalue weighted by Gasteiger charge is 2.32. The molecule has 0 radical (unpaired) electrons. The molecule has 0 aromatic heterocycles. The van der Waals surface area contributed by atoms with E-state index in [2.05, 4.69) is 47.9 Å². The van der Waals surface area contributed by atoms with E-state index in [-0.39, 0.29) is 5.91 Å². The number of amides is 1. The molecule has 3 rings (SSSR count). The summed E-state index contributed by atoms with van der Waals surface area (Å²) in [5, 5.41) is 0. The fourth-order valence-electron chi connectivity index (χ4n) is 2.98. The molecule has 2 heterocycles. The predicted octanol–water partition coefficient (Wildman–Crippen LogP) is 3.56. The Morgan fingerprint density at radius 1 is 1.16 bits per heavy atom. The van der Waals surface area contributed by atoms with Crippen LogP contribution in [0.2, 0.25) is 0 Å². The molecule has 0 unspecified atom stereocenters. The van der Waals surface area contributed by atoms with E-state index in [0.717, 1.165) is 44.0 Å². The van der Waals surface area contributed by atoms with Gasteiger partial charge in [-0.2, -0.15) is 0 Å². The van der Waals surface area contributed by atoms with Gasteiger partial charge >= 0.3 is 0 Å². The molecular weight excluding hydrogens is 350 g/mol. The van der Waals surface area contributed by atoms with Crippen LogP contribution in [-0.2, 0) is 4.79 Å². The van der Waals surface area contributed by atoms with E-state index >= 15 is 0 Å². The number of thiocarbonyl (C=S) groups is 1. The number of anilines is 1. The Hall–Kier alpha value is -1.53. The standard InChI is InChI=1S/C19H25N3OS2/c1-15(2)8-9-22-18(23)17(25-19(22)24)14-20-10-12-21(13-11-20)16-6-4-3-5-7-16/h3-7,14-15H,8-13H2,1-2H3/b17-14+. The van der Waals surface area contributed by atoms with E-state index < -0.39 is 0 Å². The molecule has 2 aliphatic rings. The van der Waals surface area contributed by atoms with E-state index in [1.54, 1.807) is 4.90 Å². The van der Waals surface area contributed by atoms with Crippen LogP contribution in [0.25, 0.3) is 0 Å². The summed E-state index contributed by atoms with van der Waals surface area (Å²) in [5.74, 6) is 0.640. The van der Waals surface area contributed by atoms with Crippen molar-refractivity contribution in [2.45, 2.75) is 20.3 Å². The van der Waals surface area contributed by atoms with E-state index in [9.17, 15) is 4.79 Å².